The van der Waals surface area contributed by atoms with Gasteiger partial charge in [0, 0.05) is 31.2 Å². The van der Waals surface area contributed by atoms with E-state index < -0.39 is 0 Å². The third kappa shape index (κ3) is 5.42. The van der Waals surface area contributed by atoms with Crippen molar-refractivity contribution in [1.29, 1.82) is 0 Å². The number of ether oxygens (including phenoxy) is 1. The number of aromatic nitrogens is 1. The van der Waals surface area contributed by atoms with Crippen molar-refractivity contribution in [3.8, 4) is 5.75 Å². The van der Waals surface area contributed by atoms with Crippen LogP contribution in [0.15, 0.2) is 57.8 Å². The van der Waals surface area contributed by atoms with Crippen LogP contribution >= 0.6 is 11.3 Å². The molecule has 0 amide bonds. The zero-order chi connectivity index (χ0) is 19.8. The lowest BCUT2D eigenvalue weighted by atomic mass is 10.3. The zero-order valence-corrected chi connectivity index (χ0v) is 16.6. The van der Waals surface area contributed by atoms with Gasteiger partial charge in [0.25, 0.3) is 0 Å². The average molecular weight is 395 g/mol. The van der Waals surface area contributed by atoms with Gasteiger partial charge in [0.2, 0.25) is 5.13 Å². The van der Waals surface area contributed by atoms with Gasteiger partial charge in [-0.1, -0.05) is 16.5 Å². The number of thiazole rings is 1. The van der Waals surface area contributed by atoms with Crippen LogP contribution in [0.3, 0.4) is 0 Å². The average Bonchev–Trinajstić information content (AvgIpc) is 3.11. The molecule has 0 unspecified atom stereocenters. The van der Waals surface area contributed by atoms with Gasteiger partial charge in [-0.2, -0.15) is 0 Å². The molecule has 0 aliphatic heterocycles. The maximum absolute atomic E-state index is 8.24. The van der Waals surface area contributed by atoms with Gasteiger partial charge in [-0.25, -0.2) is 4.98 Å². The second kappa shape index (κ2) is 9.68. The van der Waals surface area contributed by atoms with E-state index in [1.165, 1.54) is 11.3 Å². The smallest absolute Gasteiger partial charge is 0.231 e. The Hall–Kier alpha value is -3.16. The Morgan fingerprint density at radius 2 is 1.93 bits per heavy atom. The molecule has 28 heavy (non-hydrogen) atoms. The number of fused-ring (bicyclic) bond motifs is 1. The molecule has 0 saturated heterocycles. The topological polar surface area (TPSA) is 98.8 Å². The Balaban J connectivity index is 1.61. The fraction of sp³-hybridized carbons (Fsp3) is 0.316. The van der Waals surface area contributed by atoms with Crippen molar-refractivity contribution in [3.05, 3.63) is 52.9 Å². The zero-order valence-electron chi connectivity index (χ0n) is 15.8. The Labute approximate surface area is 167 Å². The molecule has 1 aromatic heterocycles. The summed E-state index contributed by atoms with van der Waals surface area (Å²) < 4.78 is 6.75. The highest BCUT2D eigenvalue weighted by Crippen LogP contribution is 2.32. The lowest BCUT2D eigenvalue weighted by Gasteiger charge is -2.11. The molecule has 1 heterocycles. The number of hydrogen-bond donors (Lipinski definition) is 0. The molecule has 3 aromatic rings. The fourth-order valence-electron chi connectivity index (χ4n) is 2.46. The van der Waals surface area contributed by atoms with E-state index in [1.54, 1.807) is 0 Å². The number of unbranched alkanes of at least 4 members (excludes halogenated alkanes) is 1. The molecule has 0 atom stereocenters. The number of nitrogens with zero attached hydrogens (tertiary/aromatic N) is 7. The van der Waals surface area contributed by atoms with Gasteiger partial charge in [-0.3, -0.25) is 0 Å². The second-order valence-electron chi connectivity index (χ2n) is 6.25. The molecule has 3 rings (SSSR count). The van der Waals surface area contributed by atoms with Crippen LogP contribution < -0.4 is 9.64 Å². The Morgan fingerprint density at radius 1 is 1.11 bits per heavy atom. The summed E-state index contributed by atoms with van der Waals surface area (Å²) in [6, 6.07) is 13.7. The number of anilines is 1. The summed E-state index contributed by atoms with van der Waals surface area (Å²) in [5, 5.41) is 12.6. The number of rotatable bonds is 9. The number of azo groups is 1. The van der Waals surface area contributed by atoms with Crippen molar-refractivity contribution >= 4 is 38.1 Å². The first-order valence-corrected chi connectivity index (χ1v) is 9.71. The Kier molecular flexibility index (Phi) is 6.78. The van der Waals surface area contributed by atoms with E-state index in [1.807, 2.05) is 61.5 Å². The molecule has 0 aliphatic rings. The van der Waals surface area contributed by atoms with E-state index >= 15 is 0 Å². The van der Waals surface area contributed by atoms with E-state index in [2.05, 4.69) is 25.2 Å². The van der Waals surface area contributed by atoms with Gasteiger partial charge in [0.1, 0.15) is 5.75 Å². The molecule has 0 saturated carbocycles. The van der Waals surface area contributed by atoms with Crippen LogP contribution in [0.4, 0.5) is 16.5 Å². The molecule has 0 N–H and O–H groups in total. The third-order valence-electron chi connectivity index (χ3n) is 3.95. The van der Waals surface area contributed by atoms with E-state index in [0.29, 0.717) is 18.3 Å². The monoisotopic (exact) mass is 395 g/mol. The molecule has 144 valence electrons. The Bertz CT molecular complexity index is 991. The first-order chi connectivity index (χ1) is 13.7. The minimum absolute atomic E-state index is 0.500. The van der Waals surface area contributed by atoms with Crippen LogP contribution in [-0.4, -0.2) is 32.2 Å². The molecular weight excluding hydrogens is 374 g/mol. The van der Waals surface area contributed by atoms with E-state index in [4.69, 9.17) is 10.3 Å². The second-order valence-corrected chi connectivity index (χ2v) is 7.26. The van der Waals surface area contributed by atoms with Gasteiger partial charge in [-0.05, 0) is 60.8 Å². The minimum Gasteiger partial charge on any atom is -0.494 e. The number of azide groups is 1. The lowest BCUT2D eigenvalue weighted by molar-refractivity contribution is 0.308. The van der Waals surface area contributed by atoms with E-state index in [9.17, 15) is 0 Å². The largest absolute Gasteiger partial charge is 0.494 e. The quantitative estimate of drug-likeness (QED) is 0.185. The fourth-order valence-corrected chi connectivity index (χ4v) is 3.28. The summed E-state index contributed by atoms with van der Waals surface area (Å²) in [7, 11) is 4.00. The van der Waals surface area contributed by atoms with Crippen LogP contribution in [0.25, 0.3) is 20.7 Å². The minimum atomic E-state index is 0.500. The molecule has 0 fully saturated rings. The van der Waals surface area contributed by atoms with Crippen molar-refractivity contribution in [2.24, 2.45) is 15.3 Å². The standard InChI is InChI=1S/C19H21N7OS/c1-26(2)15-7-5-14(6-8-15)23-24-19-22-17-10-9-16(13-18(17)28-19)27-12-4-3-11-21-25-20/h5-10,13H,3-4,11-12H2,1-2H3. The van der Waals surface area contributed by atoms with Gasteiger partial charge in [0.15, 0.2) is 0 Å². The van der Waals surface area contributed by atoms with Crippen molar-refractivity contribution in [1.82, 2.24) is 4.98 Å². The summed E-state index contributed by atoms with van der Waals surface area (Å²) in [6.45, 7) is 1.08. The van der Waals surface area contributed by atoms with Crippen molar-refractivity contribution in [2.45, 2.75) is 12.8 Å². The van der Waals surface area contributed by atoms with Gasteiger partial charge >= 0.3 is 0 Å². The molecule has 8 nitrogen and oxygen atoms in total. The van der Waals surface area contributed by atoms with Gasteiger partial charge < -0.3 is 9.64 Å². The first kappa shape index (κ1) is 19.6. The predicted octanol–water partition coefficient (Wildman–Crippen LogP) is 6.25. The van der Waals surface area contributed by atoms with Gasteiger partial charge in [-0.15, -0.1) is 10.2 Å². The molecule has 0 aliphatic carbocycles. The first-order valence-electron chi connectivity index (χ1n) is 8.89. The molecule has 9 heteroatoms. The van der Waals surface area contributed by atoms with Crippen LogP contribution in [0.1, 0.15) is 12.8 Å². The molecule has 0 spiro atoms. The normalized spacial score (nSPS) is 10.9. The maximum Gasteiger partial charge on any atom is 0.231 e. The van der Waals surface area contributed by atoms with Crippen LogP contribution in [0, 0.1) is 0 Å². The van der Waals surface area contributed by atoms with E-state index in [0.717, 1.165) is 40.2 Å². The van der Waals surface area contributed by atoms with Crippen molar-refractivity contribution in [3.63, 3.8) is 0 Å². The number of benzene rings is 2. The summed E-state index contributed by atoms with van der Waals surface area (Å²) in [5.74, 6) is 0.794. The Morgan fingerprint density at radius 3 is 2.68 bits per heavy atom. The van der Waals surface area contributed by atoms with Crippen LogP contribution in [0.2, 0.25) is 0 Å². The third-order valence-corrected chi connectivity index (χ3v) is 4.85. The highest BCUT2D eigenvalue weighted by Gasteiger charge is 2.05. The van der Waals surface area contributed by atoms with Crippen molar-refractivity contribution in [2.75, 3.05) is 32.1 Å². The van der Waals surface area contributed by atoms with E-state index in [-0.39, 0.29) is 0 Å². The highest BCUT2D eigenvalue weighted by molar-refractivity contribution is 7.21. The predicted molar refractivity (Wildman–Crippen MR) is 113 cm³/mol. The summed E-state index contributed by atoms with van der Waals surface area (Å²) in [6.07, 6.45) is 1.65. The number of hydrogen-bond acceptors (Lipinski definition) is 7. The molecule has 0 bridgehead atoms. The molecular formula is C19H21N7OS. The van der Waals surface area contributed by atoms with Crippen molar-refractivity contribution < 1.29 is 4.74 Å². The molecule has 0 radical (unpaired) electrons. The SMILES string of the molecule is CN(C)c1ccc(N=Nc2nc3ccc(OCCCCN=[N+]=[N-])cc3s2)cc1. The van der Waals surface area contributed by atoms with Gasteiger partial charge in [0.05, 0.1) is 22.5 Å². The molecule has 2 aromatic carbocycles. The maximum atomic E-state index is 8.24. The summed E-state index contributed by atoms with van der Waals surface area (Å²) in [4.78, 5) is 9.26. The summed E-state index contributed by atoms with van der Waals surface area (Å²) in [5.41, 5.74) is 11.0. The lowest BCUT2D eigenvalue weighted by Crippen LogP contribution is -2.07. The highest BCUT2D eigenvalue weighted by atomic mass is 32.1. The summed E-state index contributed by atoms with van der Waals surface area (Å²) >= 11 is 1.47. The van der Waals surface area contributed by atoms with Crippen LogP contribution in [-0.2, 0) is 0 Å². The van der Waals surface area contributed by atoms with Crippen LogP contribution in [0.5, 0.6) is 5.75 Å².